The number of piperazine rings is 1. The highest BCUT2D eigenvalue weighted by molar-refractivity contribution is 6.35. The first-order chi connectivity index (χ1) is 17.0. The average molecular weight is 519 g/mol. The number of amides is 1. The average Bonchev–Trinajstić information content (AvgIpc) is 3.32. The second kappa shape index (κ2) is 9.82. The van der Waals surface area contributed by atoms with E-state index in [4.69, 9.17) is 16.7 Å². The number of nitrogens with zero attached hydrogens (tertiary/aromatic N) is 5. The Kier molecular flexibility index (Phi) is 6.96. The Morgan fingerprint density at radius 3 is 2.39 bits per heavy atom. The summed E-state index contributed by atoms with van der Waals surface area (Å²) < 4.78 is 30.2. The molecule has 0 radical (unpaired) electrons. The maximum absolute atomic E-state index is 15.3. The summed E-state index contributed by atoms with van der Waals surface area (Å²) in [6, 6.07) is 5.38. The van der Waals surface area contributed by atoms with Crippen LogP contribution < -0.4 is 10.2 Å². The number of hydrogen-bond acceptors (Lipinski definition) is 6. The maximum Gasteiger partial charge on any atom is 0.358 e. The van der Waals surface area contributed by atoms with Crippen molar-refractivity contribution in [1.29, 1.82) is 0 Å². The minimum Gasteiger partial charge on any atom is -0.476 e. The quantitative estimate of drug-likeness (QED) is 0.526. The van der Waals surface area contributed by atoms with Crippen molar-refractivity contribution in [3.63, 3.8) is 0 Å². The van der Waals surface area contributed by atoms with Gasteiger partial charge in [0, 0.05) is 36.8 Å². The van der Waals surface area contributed by atoms with Gasteiger partial charge < -0.3 is 15.3 Å². The van der Waals surface area contributed by atoms with Crippen LogP contribution in [0.2, 0.25) is 5.02 Å². The molecule has 9 nitrogen and oxygen atoms in total. The predicted molar refractivity (Wildman–Crippen MR) is 131 cm³/mol. The van der Waals surface area contributed by atoms with Crippen molar-refractivity contribution in [2.45, 2.75) is 32.9 Å². The molecule has 1 aromatic heterocycles. The van der Waals surface area contributed by atoms with Crippen molar-refractivity contribution in [3.05, 3.63) is 63.9 Å². The summed E-state index contributed by atoms with van der Waals surface area (Å²) in [5.74, 6) is -3.14. The molecule has 3 aromatic rings. The summed E-state index contributed by atoms with van der Waals surface area (Å²) in [4.78, 5) is 28.6. The van der Waals surface area contributed by atoms with Gasteiger partial charge in [0.15, 0.2) is 11.5 Å². The number of carbonyl (C=O) groups is 2. The first-order valence-electron chi connectivity index (χ1n) is 11.2. The minimum atomic E-state index is -1.31. The molecule has 2 aromatic carbocycles. The molecule has 0 saturated carbocycles. The Hall–Kier alpha value is -3.57. The number of carbonyl (C=O) groups excluding carboxylic acids is 1. The summed E-state index contributed by atoms with van der Waals surface area (Å²) in [6.07, 6.45) is 1.08. The predicted octanol–water partition coefficient (Wildman–Crippen LogP) is 3.99. The Labute approximate surface area is 211 Å². The van der Waals surface area contributed by atoms with Gasteiger partial charge in [-0.3, -0.25) is 9.69 Å². The normalized spacial score (nSPS) is 18.4. The van der Waals surface area contributed by atoms with Crippen molar-refractivity contribution in [1.82, 2.24) is 19.9 Å². The van der Waals surface area contributed by atoms with Crippen LogP contribution in [0.5, 0.6) is 0 Å². The molecule has 0 bridgehead atoms. The lowest BCUT2D eigenvalue weighted by molar-refractivity contribution is 0.0690. The van der Waals surface area contributed by atoms with Crippen LogP contribution in [-0.2, 0) is 0 Å². The van der Waals surface area contributed by atoms with Gasteiger partial charge in [-0.25, -0.2) is 18.3 Å². The monoisotopic (exact) mass is 518 g/mol. The van der Waals surface area contributed by atoms with E-state index in [-0.39, 0.29) is 45.3 Å². The van der Waals surface area contributed by atoms with Crippen LogP contribution in [0.15, 0.2) is 30.5 Å². The van der Waals surface area contributed by atoms with Gasteiger partial charge in [-0.2, -0.15) is 0 Å². The molecule has 0 unspecified atom stereocenters. The highest BCUT2D eigenvalue weighted by Gasteiger charge is 2.29. The summed E-state index contributed by atoms with van der Waals surface area (Å²) in [7, 11) is 2.02. The maximum atomic E-state index is 15.3. The highest BCUT2D eigenvalue weighted by atomic mass is 35.5. The van der Waals surface area contributed by atoms with Crippen molar-refractivity contribution >= 4 is 34.9 Å². The Morgan fingerprint density at radius 1 is 1.11 bits per heavy atom. The van der Waals surface area contributed by atoms with Crippen molar-refractivity contribution in [2.75, 3.05) is 30.4 Å². The number of nitrogens with one attached hydrogen (secondary N) is 1. The third-order valence-corrected chi connectivity index (χ3v) is 7.03. The molecule has 4 rings (SSSR count). The zero-order valence-corrected chi connectivity index (χ0v) is 20.8. The van der Waals surface area contributed by atoms with Crippen molar-refractivity contribution in [3.8, 4) is 5.69 Å². The number of halogens is 3. The third-order valence-electron chi connectivity index (χ3n) is 6.54. The highest BCUT2D eigenvalue weighted by Crippen LogP contribution is 2.34. The molecule has 0 spiro atoms. The lowest BCUT2D eigenvalue weighted by atomic mass is 10.1. The second-order valence-electron chi connectivity index (χ2n) is 8.93. The number of anilines is 2. The Bertz CT molecular complexity index is 1340. The van der Waals surface area contributed by atoms with Crippen LogP contribution in [0.25, 0.3) is 5.69 Å². The van der Waals surface area contributed by atoms with Crippen LogP contribution in [-0.4, -0.2) is 69.1 Å². The molecule has 2 atom stereocenters. The van der Waals surface area contributed by atoms with E-state index in [1.807, 2.05) is 11.9 Å². The fourth-order valence-corrected chi connectivity index (χ4v) is 4.43. The van der Waals surface area contributed by atoms with Gasteiger partial charge in [0.1, 0.15) is 11.5 Å². The number of benzene rings is 2. The van der Waals surface area contributed by atoms with Crippen LogP contribution in [0.4, 0.5) is 20.2 Å². The van der Waals surface area contributed by atoms with Crippen molar-refractivity contribution in [2.24, 2.45) is 0 Å². The van der Waals surface area contributed by atoms with Gasteiger partial charge >= 0.3 is 5.97 Å². The van der Waals surface area contributed by atoms with E-state index in [1.165, 1.54) is 25.1 Å². The number of hydrogen-bond donors (Lipinski definition) is 2. The molecule has 1 amide bonds. The number of likely N-dealkylation sites (N-methyl/N-ethyl adjacent to an activating group) is 1. The topological polar surface area (TPSA) is 104 Å². The van der Waals surface area contributed by atoms with Gasteiger partial charge in [-0.1, -0.05) is 16.8 Å². The molecule has 1 aliphatic rings. The first kappa shape index (κ1) is 25.5. The van der Waals surface area contributed by atoms with Gasteiger partial charge in [0.05, 0.1) is 28.2 Å². The van der Waals surface area contributed by atoms with Crippen LogP contribution >= 0.6 is 11.6 Å². The van der Waals surface area contributed by atoms with Crippen LogP contribution in [0, 0.1) is 18.6 Å². The molecule has 190 valence electrons. The molecule has 12 heteroatoms. The van der Waals surface area contributed by atoms with E-state index in [9.17, 15) is 14.0 Å². The summed E-state index contributed by atoms with van der Waals surface area (Å²) >= 11 is 6.23. The molecule has 2 heterocycles. The zero-order chi connectivity index (χ0) is 26.3. The summed E-state index contributed by atoms with van der Waals surface area (Å²) in [5.41, 5.74) is 0.414. The van der Waals surface area contributed by atoms with E-state index in [2.05, 4.69) is 34.4 Å². The summed E-state index contributed by atoms with van der Waals surface area (Å²) in [5, 5.41) is 19.1. The van der Waals surface area contributed by atoms with E-state index in [0.717, 1.165) is 16.9 Å². The van der Waals surface area contributed by atoms with E-state index < -0.39 is 23.5 Å². The van der Waals surface area contributed by atoms with E-state index in [1.54, 1.807) is 0 Å². The minimum absolute atomic E-state index is 0.0272. The number of carboxylic acids is 1. The van der Waals surface area contributed by atoms with E-state index >= 15 is 4.39 Å². The first-order valence-corrected chi connectivity index (χ1v) is 11.6. The number of carboxylic acid groups (broad SMARTS) is 1. The molecular weight excluding hydrogens is 494 g/mol. The second-order valence-corrected chi connectivity index (χ2v) is 9.31. The standard InChI is InChI=1S/C24H25ClF2N6O3/c1-12-9-32(10-13(2)31(12)4)21-7-17(27)20(33-11-19(24(35)36)29-30-33)8-18(21)28-23(34)15-5-6-16(26)14(3)22(15)25/h5-8,11-13H,9-10H2,1-4H3,(H,28,34)(H,35,36)/t12-,13+. The molecule has 2 N–H and O–H groups in total. The lowest BCUT2D eigenvalue weighted by Crippen LogP contribution is -2.55. The fourth-order valence-electron chi connectivity index (χ4n) is 4.20. The van der Waals surface area contributed by atoms with Gasteiger partial charge in [0.25, 0.3) is 5.91 Å². The molecular formula is C24H25ClF2N6O3. The third kappa shape index (κ3) is 4.76. The zero-order valence-electron chi connectivity index (χ0n) is 20.1. The van der Waals surface area contributed by atoms with Gasteiger partial charge in [-0.05, 0) is 46.0 Å². The smallest absolute Gasteiger partial charge is 0.358 e. The molecule has 36 heavy (non-hydrogen) atoms. The number of rotatable bonds is 5. The van der Waals surface area contributed by atoms with Crippen molar-refractivity contribution < 1.29 is 23.5 Å². The molecule has 1 saturated heterocycles. The van der Waals surface area contributed by atoms with Gasteiger partial charge in [0.2, 0.25) is 0 Å². The molecule has 0 aliphatic carbocycles. The van der Waals surface area contributed by atoms with Crippen LogP contribution in [0.1, 0.15) is 40.3 Å². The molecule has 1 fully saturated rings. The Morgan fingerprint density at radius 2 is 1.78 bits per heavy atom. The lowest BCUT2D eigenvalue weighted by Gasteiger charge is -2.44. The number of aromatic carboxylic acids is 1. The fraction of sp³-hybridized carbons (Fsp3) is 0.333. The van der Waals surface area contributed by atoms with Crippen LogP contribution in [0.3, 0.4) is 0 Å². The number of aromatic nitrogens is 3. The van der Waals surface area contributed by atoms with E-state index in [0.29, 0.717) is 18.8 Å². The Balaban J connectivity index is 1.79. The SMILES string of the molecule is Cc1c(F)ccc(C(=O)Nc2cc(-n3cc(C(=O)O)nn3)c(F)cc2N2C[C@@H](C)N(C)[C@@H](C)C2)c1Cl. The molecule has 1 aliphatic heterocycles. The summed E-state index contributed by atoms with van der Waals surface area (Å²) in [6.45, 7) is 6.72. The van der Waals surface area contributed by atoms with Gasteiger partial charge in [-0.15, -0.1) is 5.10 Å². The largest absolute Gasteiger partial charge is 0.476 e.